The average Bonchev–Trinajstić information content (AvgIpc) is 2.52. The third-order valence-electron chi connectivity index (χ3n) is 3.47. The van der Waals surface area contributed by atoms with Crippen LogP contribution in [0, 0.1) is 5.92 Å². The van der Waals surface area contributed by atoms with Gasteiger partial charge in [-0.1, -0.05) is 30.3 Å². The first kappa shape index (κ1) is 14.5. The van der Waals surface area contributed by atoms with Crippen LogP contribution in [0.3, 0.4) is 0 Å². The number of hydrogen-bond acceptors (Lipinski definition) is 3. The maximum Gasteiger partial charge on any atom is 0.239 e. The van der Waals surface area contributed by atoms with Crippen molar-refractivity contribution in [3.63, 3.8) is 0 Å². The monoisotopic (exact) mass is 275 g/mol. The molecule has 1 aromatic rings. The predicted molar refractivity (Wildman–Crippen MR) is 76.9 cm³/mol. The number of carbonyl (C=O) groups is 2. The second-order valence-corrected chi connectivity index (χ2v) is 5.00. The molecule has 0 bridgehead atoms. The minimum Gasteiger partial charge on any atom is -0.350 e. The molecule has 0 aliphatic carbocycles. The molecular weight excluding hydrogens is 254 g/mol. The molecule has 1 heterocycles. The summed E-state index contributed by atoms with van der Waals surface area (Å²) >= 11 is 0. The van der Waals surface area contributed by atoms with Crippen molar-refractivity contribution in [1.82, 2.24) is 16.0 Å². The van der Waals surface area contributed by atoms with Gasteiger partial charge in [-0.3, -0.25) is 9.59 Å². The summed E-state index contributed by atoms with van der Waals surface area (Å²) < 4.78 is 0. The highest BCUT2D eigenvalue weighted by atomic mass is 16.2. The summed E-state index contributed by atoms with van der Waals surface area (Å²) in [4.78, 5) is 23.5. The van der Waals surface area contributed by atoms with Crippen molar-refractivity contribution in [2.24, 2.45) is 5.92 Å². The smallest absolute Gasteiger partial charge is 0.239 e. The first-order chi connectivity index (χ1) is 9.75. The fourth-order valence-electron chi connectivity index (χ4n) is 2.25. The van der Waals surface area contributed by atoms with Crippen LogP contribution >= 0.6 is 0 Å². The summed E-state index contributed by atoms with van der Waals surface area (Å²) in [5.74, 6) is -0.129. The van der Waals surface area contributed by atoms with Crippen molar-refractivity contribution in [2.45, 2.75) is 19.4 Å². The van der Waals surface area contributed by atoms with Crippen LogP contribution in [0.2, 0.25) is 0 Å². The van der Waals surface area contributed by atoms with Crippen LogP contribution < -0.4 is 16.0 Å². The maximum absolute atomic E-state index is 11.9. The number of nitrogens with one attached hydrogen (secondary N) is 3. The highest BCUT2D eigenvalue weighted by molar-refractivity contribution is 5.85. The zero-order chi connectivity index (χ0) is 14.2. The lowest BCUT2D eigenvalue weighted by Gasteiger charge is -2.21. The van der Waals surface area contributed by atoms with Gasteiger partial charge in [0.1, 0.15) is 0 Å². The van der Waals surface area contributed by atoms with Gasteiger partial charge in [0.05, 0.1) is 6.54 Å². The third kappa shape index (κ3) is 4.66. The van der Waals surface area contributed by atoms with E-state index in [0.717, 1.165) is 31.5 Å². The standard InChI is InChI=1S/C15H21N3O2/c19-14(17-10-12-4-2-1-3-5-12)11-18-15(20)13-6-8-16-9-7-13/h1-5,13,16H,6-11H2,(H,17,19)(H,18,20). The zero-order valence-corrected chi connectivity index (χ0v) is 11.5. The molecule has 3 N–H and O–H groups in total. The van der Waals surface area contributed by atoms with Crippen molar-refractivity contribution in [2.75, 3.05) is 19.6 Å². The Morgan fingerprint density at radius 3 is 2.50 bits per heavy atom. The molecule has 0 aromatic heterocycles. The number of piperidine rings is 1. The number of rotatable bonds is 5. The molecule has 2 amide bonds. The highest BCUT2D eigenvalue weighted by Crippen LogP contribution is 2.10. The normalized spacial score (nSPS) is 15.6. The van der Waals surface area contributed by atoms with E-state index in [4.69, 9.17) is 0 Å². The molecule has 0 atom stereocenters. The van der Waals surface area contributed by atoms with E-state index in [0.29, 0.717) is 6.54 Å². The fraction of sp³-hybridized carbons (Fsp3) is 0.467. The zero-order valence-electron chi connectivity index (χ0n) is 11.5. The number of carbonyl (C=O) groups excluding carboxylic acids is 2. The molecule has 0 unspecified atom stereocenters. The molecule has 1 aliphatic heterocycles. The quantitative estimate of drug-likeness (QED) is 0.729. The second kappa shape index (κ2) is 7.65. The van der Waals surface area contributed by atoms with Gasteiger partial charge in [0, 0.05) is 12.5 Å². The lowest BCUT2D eigenvalue weighted by Crippen LogP contribution is -2.42. The Morgan fingerprint density at radius 2 is 1.80 bits per heavy atom. The Labute approximate surface area is 119 Å². The van der Waals surface area contributed by atoms with Crippen molar-refractivity contribution in [1.29, 1.82) is 0 Å². The summed E-state index contributed by atoms with van der Waals surface area (Å²) in [6.45, 7) is 2.29. The van der Waals surface area contributed by atoms with E-state index >= 15 is 0 Å². The Balaban J connectivity index is 1.65. The van der Waals surface area contributed by atoms with Gasteiger partial charge in [-0.15, -0.1) is 0 Å². The van der Waals surface area contributed by atoms with Gasteiger partial charge in [0.2, 0.25) is 11.8 Å². The Morgan fingerprint density at radius 1 is 1.10 bits per heavy atom. The molecule has 108 valence electrons. The lowest BCUT2D eigenvalue weighted by molar-refractivity contribution is -0.129. The summed E-state index contributed by atoms with van der Waals surface area (Å²) in [7, 11) is 0. The van der Waals surface area contributed by atoms with Crippen molar-refractivity contribution < 1.29 is 9.59 Å². The van der Waals surface area contributed by atoms with Crippen molar-refractivity contribution in [3.05, 3.63) is 35.9 Å². The molecule has 1 aliphatic rings. The summed E-state index contributed by atoms with van der Waals surface area (Å²) in [6.07, 6.45) is 1.69. The minimum atomic E-state index is -0.156. The van der Waals surface area contributed by atoms with E-state index in [9.17, 15) is 9.59 Å². The van der Waals surface area contributed by atoms with E-state index in [-0.39, 0.29) is 24.3 Å². The SMILES string of the molecule is O=C(CNC(=O)C1CCNCC1)NCc1ccccc1. The highest BCUT2D eigenvalue weighted by Gasteiger charge is 2.20. The molecule has 1 saturated heterocycles. The van der Waals surface area contributed by atoms with Gasteiger partial charge in [0.15, 0.2) is 0 Å². The Bertz CT molecular complexity index is 442. The molecule has 0 saturated carbocycles. The van der Waals surface area contributed by atoms with Gasteiger partial charge in [-0.2, -0.15) is 0 Å². The molecule has 1 fully saturated rings. The third-order valence-corrected chi connectivity index (χ3v) is 3.47. The van der Waals surface area contributed by atoms with Crippen LogP contribution in [-0.4, -0.2) is 31.4 Å². The fourth-order valence-corrected chi connectivity index (χ4v) is 2.25. The maximum atomic E-state index is 11.9. The van der Waals surface area contributed by atoms with Gasteiger partial charge < -0.3 is 16.0 Å². The lowest BCUT2D eigenvalue weighted by atomic mass is 9.97. The molecule has 2 rings (SSSR count). The number of amides is 2. The van der Waals surface area contributed by atoms with Crippen LogP contribution in [-0.2, 0) is 16.1 Å². The summed E-state index contributed by atoms with van der Waals surface area (Å²) in [5, 5.41) is 8.71. The molecule has 0 radical (unpaired) electrons. The molecule has 5 heteroatoms. The molecule has 20 heavy (non-hydrogen) atoms. The first-order valence-corrected chi connectivity index (χ1v) is 7.05. The van der Waals surface area contributed by atoms with Crippen LogP contribution in [0.1, 0.15) is 18.4 Å². The largest absolute Gasteiger partial charge is 0.350 e. The van der Waals surface area contributed by atoms with Gasteiger partial charge >= 0.3 is 0 Å². The van der Waals surface area contributed by atoms with Gasteiger partial charge in [-0.05, 0) is 31.5 Å². The average molecular weight is 275 g/mol. The molecule has 1 aromatic carbocycles. The predicted octanol–water partition coefficient (Wildman–Crippen LogP) is 0.419. The Hall–Kier alpha value is -1.88. The number of benzene rings is 1. The summed E-state index contributed by atoms with van der Waals surface area (Å²) in [5.41, 5.74) is 1.05. The van der Waals surface area contributed by atoms with Crippen molar-refractivity contribution >= 4 is 11.8 Å². The molecular formula is C15H21N3O2. The Kier molecular flexibility index (Phi) is 5.55. The van der Waals surface area contributed by atoms with E-state index in [1.807, 2.05) is 30.3 Å². The van der Waals surface area contributed by atoms with Crippen LogP contribution in [0.15, 0.2) is 30.3 Å². The topological polar surface area (TPSA) is 70.2 Å². The molecule has 5 nitrogen and oxygen atoms in total. The number of hydrogen-bond donors (Lipinski definition) is 3. The van der Waals surface area contributed by atoms with Gasteiger partial charge in [0.25, 0.3) is 0 Å². The minimum absolute atomic E-state index is 0.0126. The van der Waals surface area contributed by atoms with E-state index in [1.165, 1.54) is 0 Å². The van der Waals surface area contributed by atoms with E-state index in [2.05, 4.69) is 16.0 Å². The first-order valence-electron chi connectivity index (χ1n) is 7.05. The second-order valence-electron chi connectivity index (χ2n) is 5.00. The van der Waals surface area contributed by atoms with E-state index in [1.54, 1.807) is 0 Å². The van der Waals surface area contributed by atoms with Crippen molar-refractivity contribution in [3.8, 4) is 0 Å². The van der Waals surface area contributed by atoms with E-state index < -0.39 is 0 Å². The summed E-state index contributed by atoms with van der Waals surface area (Å²) in [6, 6.07) is 9.70. The van der Waals surface area contributed by atoms with Crippen LogP contribution in [0.25, 0.3) is 0 Å². The van der Waals surface area contributed by atoms with Crippen LogP contribution in [0.4, 0.5) is 0 Å². The van der Waals surface area contributed by atoms with Gasteiger partial charge in [-0.25, -0.2) is 0 Å². The van der Waals surface area contributed by atoms with Crippen LogP contribution in [0.5, 0.6) is 0 Å². The molecule has 0 spiro atoms.